The van der Waals surface area contributed by atoms with Crippen molar-refractivity contribution >= 4 is 12.6 Å². The molecular weight excluding hydrogens is 229 g/mol. The number of ether oxygens (including phenoxy) is 1. The third kappa shape index (κ3) is 2.43. The van der Waals surface area contributed by atoms with Crippen molar-refractivity contribution in [3.05, 3.63) is 24.0 Å². The molecule has 1 saturated heterocycles. The molecule has 0 N–H and O–H groups in total. The predicted molar refractivity (Wildman–Crippen MR) is 70.7 cm³/mol. The monoisotopic (exact) mass is 257 g/mol. The van der Waals surface area contributed by atoms with Gasteiger partial charge in [0.15, 0.2) is 0 Å². The van der Waals surface area contributed by atoms with Crippen molar-refractivity contribution in [3.63, 3.8) is 0 Å². The SMILES string of the molecule is [2H]c1nc(C([2H])([2H])OC([2H])([2H])[2H])c([2H])c([2H])c1B1OC(C)(C)C(C)(C)O1. The number of aromatic nitrogens is 1. The predicted octanol–water partition coefficient (Wildman–Crippen LogP) is 1.53. The summed E-state index contributed by atoms with van der Waals surface area (Å²) in [5, 5.41) is 0. The zero-order valence-corrected chi connectivity index (χ0v) is 10.7. The lowest BCUT2D eigenvalue weighted by Gasteiger charge is -2.32. The van der Waals surface area contributed by atoms with E-state index in [-0.39, 0.29) is 5.46 Å². The van der Waals surface area contributed by atoms with Crippen LogP contribution in [-0.2, 0) is 20.6 Å². The minimum Gasteiger partial charge on any atom is -0.399 e. The van der Waals surface area contributed by atoms with Crippen LogP contribution in [0.1, 0.15) is 44.4 Å². The van der Waals surface area contributed by atoms with Crippen molar-refractivity contribution in [1.82, 2.24) is 4.98 Å². The van der Waals surface area contributed by atoms with Crippen LogP contribution in [0.4, 0.5) is 0 Å². The van der Waals surface area contributed by atoms with E-state index in [1.165, 1.54) is 0 Å². The van der Waals surface area contributed by atoms with Gasteiger partial charge in [-0.2, -0.15) is 0 Å². The summed E-state index contributed by atoms with van der Waals surface area (Å²) in [6.07, 6.45) is -0.544. The fourth-order valence-corrected chi connectivity index (χ4v) is 1.47. The smallest absolute Gasteiger partial charge is 0.399 e. The quantitative estimate of drug-likeness (QED) is 0.770. The molecule has 2 rings (SSSR count). The van der Waals surface area contributed by atoms with Gasteiger partial charge < -0.3 is 14.0 Å². The maximum Gasteiger partial charge on any atom is 0.496 e. The summed E-state index contributed by atoms with van der Waals surface area (Å²) in [5.74, 6) is 0. The maximum absolute atomic E-state index is 8.14. The fourth-order valence-electron chi connectivity index (χ4n) is 1.47. The first-order valence-corrected chi connectivity index (χ1v) is 5.52. The second kappa shape index (κ2) is 4.65. The number of hydrogen-bond donors (Lipinski definition) is 0. The van der Waals surface area contributed by atoms with Gasteiger partial charge in [-0.3, -0.25) is 4.98 Å². The van der Waals surface area contributed by atoms with Crippen LogP contribution >= 0.6 is 0 Å². The topological polar surface area (TPSA) is 40.6 Å². The van der Waals surface area contributed by atoms with Crippen LogP contribution < -0.4 is 5.46 Å². The Kier molecular flexibility index (Phi) is 1.68. The van der Waals surface area contributed by atoms with Crippen LogP contribution in [-0.4, -0.2) is 30.3 Å². The van der Waals surface area contributed by atoms with E-state index < -0.39 is 55.9 Å². The van der Waals surface area contributed by atoms with Crippen LogP contribution in [0, 0.1) is 0 Å². The number of nitrogens with zero attached hydrogens (tertiary/aromatic N) is 1. The first kappa shape index (κ1) is 6.50. The summed E-state index contributed by atoms with van der Waals surface area (Å²) < 4.78 is 76.7. The van der Waals surface area contributed by atoms with Crippen molar-refractivity contribution in [2.75, 3.05) is 7.04 Å². The van der Waals surface area contributed by atoms with Crippen molar-refractivity contribution in [1.29, 1.82) is 0 Å². The minimum absolute atomic E-state index is 0.123. The highest BCUT2D eigenvalue weighted by atomic mass is 16.7. The van der Waals surface area contributed by atoms with E-state index in [0.29, 0.717) is 0 Å². The molecule has 0 spiro atoms. The average Bonchev–Trinajstić information content (AvgIpc) is 2.59. The first-order valence-electron chi connectivity index (χ1n) is 9.52. The molecule has 1 aromatic rings. The molecule has 0 amide bonds. The van der Waals surface area contributed by atoms with Crippen LogP contribution in [0.3, 0.4) is 0 Å². The molecule has 4 nitrogen and oxygen atoms in total. The fraction of sp³-hybridized carbons (Fsp3) is 0.615. The third-order valence-electron chi connectivity index (χ3n) is 3.24. The van der Waals surface area contributed by atoms with Gasteiger partial charge in [0.1, 0.15) is 0 Å². The standard InChI is InChI=1S/C13H20BNO3/c1-12(2)13(3,4)18-14(17-12)10-6-7-11(9-16-5)15-8-10/h6-8H,9H2,1-5H3/i5D3,6D,7D,8D,9D2. The Hall–Kier alpha value is -0.905. The number of hydrogen-bond acceptors (Lipinski definition) is 4. The Bertz CT molecular complexity index is 706. The zero-order valence-electron chi connectivity index (χ0n) is 18.7. The largest absolute Gasteiger partial charge is 0.496 e. The molecule has 1 aliphatic heterocycles. The van der Waals surface area contributed by atoms with E-state index in [0.717, 1.165) is 0 Å². The lowest BCUT2D eigenvalue weighted by molar-refractivity contribution is 0.00578. The van der Waals surface area contributed by atoms with E-state index >= 15 is 0 Å². The van der Waals surface area contributed by atoms with Gasteiger partial charge in [0, 0.05) is 18.7 Å². The lowest BCUT2D eigenvalue weighted by Crippen LogP contribution is -2.41. The number of methoxy groups -OCH3 is 1. The molecule has 0 saturated carbocycles. The van der Waals surface area contributed by atoms with Gasteiger partial charge in [-0.15, -0.1) is 0 Å². The van der Waals surface area contributed by atoms with Gasteiger partial charge in [0.05, 0.1) is 34.4 Å². The summed E-state index contributed by atoms with van der Waals surface area (Å²) in [5.41, 5.74) is -2.36. The molecule has 0 unspecified atom stereocenters. The summed E-state index contributed by atoms with van der Waals surface area (Å²) in [4.78, 5) is 3.68. The molecule has 2 heterocycles. The van der Waals surface area contributed by atoms with Gasteiger partial charge in [-0.25, -0.2) is 0 Å². The molecule has 1 fully saturated rings. The second-order valence-corrected chi connectivity index (χ2v) is 5.03. The number of pyridine rings is 1. The molecule has 0 bridgehead atoms. The summed E-state index contributed by atoms with van der Waals surface area (Å²) in [6.45, 7) is 4.17. The van der Waals surface area contributed by atoms with Crippen LogP contribution in [0.15, 0.2) is 18.3 Å². The Morgan fingerprint density at radius 3 is 2.67 bits per heavy atom. The maximum atomic E-state index is 8.14. The van der Waals surface area contributed by atoms with Crippen LogP contribution in [0.5, 0.6) is 0 Å². The molecule has 0 radical (unpaired) electrons. The molecule has 0 aliphatic carbocycles. The van der Waals surface area contributed by atoms with Crippen molar-refractivity contribution in [2.24, 2.45) is 0 Å². The zero-order chi connectivity index (χ0) is 20.3. The third-order valence-corrected chi connectivity index (χ3v) is 3.24. The van der Waals surface area contributed by atoms with Crippen molar-refractivity contribution in [2.45, 2.75) is 45.5 Å². The highest BCUT2D eigenvalue weighted by Gasteiger charge is 2.51. The van der Waals surface area contributed by atoms with Gasteiger partial charge in [-0.05, 0) is 33.7 Å². The Morgan fingerprint density at radius 1 is 1.39 bits per heavy atom. The van der Waals surface area contributed by atoms with Crippen molar-refractivity contribution < 1.29 is 25.0 Å². The summed E-state index contributed by atoms with van der Waals surface area (Å²) >= 11 is 0. The van der Waals surface area contributed by atoms with Gasteiger partial charge >= 0.3 is 7.12 Å². The lowest BCUT2D eigenvalue weighted by atomic mass is 9.80. The van der Waals surface area contributed by atoms with Crippen molar-refractivity contribution in [3.8, 4) is 0 Å². The Morgan fingerprint density at radius 2 is 2.06 bits per heavy atom. The van der Waals surface area contributed by atoms with E-state index in [1.807, 2.05) is 0 Å². The number of rotatable bonds is 3. The summed E-state index contributed by atoms with van der Waals surface area (Å²) in [7, 11) is -4.20. The van der Waals surface area contributed by atoms with E-state index in [2.05, 4.69) is 9.72 Å². The van der Waals surface area contributed by atoms with E-state index in [1.54, 1.807) is 27.7 Å². The van der Waals surface area contributed by atoms with E-state index in [4.69, 9.17) is 20.3 Å². The normalized spacial score (nSPS) is 29.2. The molecule has 1 aromatic heterocycles. The second-order valence-electron chi connectivity index (χ2n) is 5.03. The van der Waals surface area contributed by atoms with Crippen LogP contribution in [0.25, 0.3) is 0 Å². The highest BCUT2D eigenvalue weighted by molar-refractivity contribution is 6.62. The van der Waals surface area contributed by atoms with Gasteiger partial charge in [-0.1, -0.05) is 6.04 Å². The average molecular weight is 257 g/mol. The molecule has 0 aromatic carbocycles. The first-order chi connectivity index (χ1) is 11.5. The molecule has 98 valence electrons. The van der Waals surface area contributed by atoms with Crippen LogP contribution in [0.2, 0.25) is 0 Å². The molecule has 1 aliphatic rings. The molecule has 5 heteroatoms. The molecule has 0 atom stereocenters. The molecular formula is C13H20BNO3. The molecule has 18 heavy (non-hydrogen) atoms. The Labute approximate surface area is 120 Å². The van der Waals surface area contributed by atoms with E-state index in [9.17, 15) is 0 Å². The minimum atomic E-state index is -3.08. The summed E-state index contributed by atoms with van der Waals surface area (Å²) in [6, 6.07) is -1.23. The highest BCUT2D eigenvalue weighted by Crippen LogP contribution is 2.36. The van der Waals surface area contributed by atoms with Gasteiger partial charge in [0.2, 0.25) is 0 Å². The Balaban J connectivity index is 2.50. The van der Waals surface area contributed by atoms with Gasteiger partial charge in [0.25, 0.3) is 0 Å².